The predicted octanol–water partition coefficient (Wildman–Crippen LogP) is 4.17. The normalized spacial score (nSPS) is 23.2. The molecule has 0 aromatic heterocycles. The molecule has 0 N–H and O–H groups in total. The van der Waals surface area contributed by atoms with Crippen LogP contribution >= 0.6 is 11.6 Å². The molecule has 0 amide bonds. The SMILES string of the molecule is Clc1ccccc1C1COC(c2ccccc2)CO1. The summed E-state index contributed by atoms with van der Waals surface area (Å²) in [7, 11) is 0. The molecule has 2 aromatic rings. The third-order valence-electron chi connectivity index (χ3n) is 3.32. The van der Waals surface area contributed by atoms with E-state index in [4.69, 9.17) is 21.1 Å². The van der Waals surface area contributed by atoms with Crippen LogP contribution in [0.3, 0.4) is 0 Å². The maximum Gasteiger partial charge on any atom is 0.107 e. The van der Waals surface area contributed by atoms with E-state index in [1.165, 1.54) is 0 Å². The quantitative estimate of drug-likeness (QED) is 0.818. The Labute approximate surface area is 117 Å². The van der Waals surface area contributed by atoms with Gasteiger partial charge in [-0.1, -0.05) is 60.1 Å². The van der Waals surface area contributed by atoms with E-state index in [1.54, 1.807) is 0 Å². The van der Waals surface area contributed by atoms with E-state index >= 15 is 0 Å². The topological polar surface area (TPSA) is 18.5 Å². The monoisotopic (exact) mass is 274 g/mol. The highest BCUT2D eigenvalue weighted by Crippen LogP contribution is 2.32. The first-order valence-electron chi connectivity index (χ1n) is 6.37. The minimum absolute atomic E-state index is 0.0138. The lowest BCUT2D eigenvalue weighted by atomic mass is 10.1. The van der Waals surface area contributed by atoms with Crippen molar-refractivity contribution in [1.82, 2.24) is 0 Å². The van der Waals surface area contributed by atoms with Crippen LogP contribution in [-0.2, 0) is 9.47 Å². The van der Waals surface area contributed by atoms with Crippen molar-refractivity contribution in [3.05, 3.63) is 70.7 Å². The summed E-state index contributed by atoms with van der Waals surface area (Å²) in [5, 5.41) is 0.731. The predicted molar refractivity (Wildman–Crippen MR) is 75.3 cm³/mol. The van der Waals surface area contributed by atoms with Gasteiger partial charge < -0.3 is 9.47 Å². The molecule has 98 valence electrons. The molecule has 0 bridgehead atoms. The van der Waals surface area contributed by atoms with Crippen LogP contribution in [0.2, 0.25) is 5.02 Å². The molecular weight excluding hydrogens is 260 g/mol. The third-order valence-corrected chi connectivity index (χ3v) is 3.67. The van der Waals surface area contributed by atoms with Crippen molar-refractivity contribution in [3.63, 3.8) is 0 Å². The maximum absolute atomic E-state index is 6.18. The Morgan fingerprint density at radius 1 is 0.789 bits per heavy atom. The Hall–Kier alpha value is -1.35. The summed E-state index contributed by atoms with van der Waals surface area (Å²) < 4.78 is 11.8. The van der Waals surface area contributed by atoms with Crippen LogP contribution in [0.25, 0.3) is 0 Å². The van der Waals surface area contributed by atoms with Gasteiger partial charge in [0.25, 0.3) is 0 Å². The van der Waals surface area contributed by atoms with E-state index in [2.05, 4.69) is 12.1 Å². The molecule has 2 nitrogen and oxygen atoms in total. The lowest BCUT2D eigenvalue weighted by molar-refractivity contribution is -0.137. The molecule has 2 unspecified atom stereocenters. The molecular formula is C16H15ClO2. The van der Waals surface area contributed by atoms with E-state index in [1.807, 2.05) is 42.5 Å². The van der Waals surface area contributed by atoms with E-state index < -0.39 is 0 Å². The highest BCUT2D eigenvalue weighted by atomic mass is 35.5. The summed E-state index contributed by atoms with van der Waals surface area (Å²) in [6.07, 6.45) is -0.0615. The van der Waals surface area contributed by atoms with Crippen LogP contribution in [0.4, 0.5) is 0 Å². The summed E-state index contributed by atoms with van der Waals surface area (Å²) in [5.41, 5.74) is 2.15. The van der Waals surface area contributed by atoms with Gasteiger partial charge in [0.05, 0.1) is 13.2 Å². The summed E-state index contributed by atoms with van der Waals surface area (Å²) in [6, 6.07) is 17.9. The van der Waals surface area contributed by atoms with Gasteiger partial charge in [0.15, 0.2) is 0 Å². The average molecular weight is 275 g/mol. The van der Waals surface area contributed by atoms with Gasteiger partial charge in [-0.05, 0) is 11.6 Å². The number of halogens is 1. The minimum Gasteiger partial charge on any atom is -0.368 e. The second-order valence-corrected chi connectivity index (χ2v) is 4.98. The molecule has 0 radical (unpaired) electrons. The van der Waals surface area contributed by atoms with E-state index in [-0.39, 0.29) is 12.2 Å². The van der Waals surface area contributed by atoms with Crippen LogP contribution in [0, 0.1) is 0 Å². The van der Waals surface area contributed by atoms with Crippen molar-refractivity contribution < 1.29 is 9.47 Å². The Balaban J connectivity index is 1.69. The van der Waals surface area contributed by atoms with Crippen LogP contribution in [0.5, 0.6) is 0 Å². The zero-order valence-corrected chi connectivity index (χ0v) is 11.2. The van der Waals surface area contributed by atoms with Gasteiger partial charge in [-0.25, -0.2) is 0 Å². The average Bonchev–Trinajstić information content (AvgIpc) is 2.49. The van der Waals surface area contributed by atoms with Crippen LogP contribution < -0.4 is 0 Å². The highest BCUT2D eigenvalue weighted by molar-refractivity contribution is 6.31. The minimum atomic E-state index is -0.0753. The van der Waals surface area contributed by atoms with Gasteiger partial charge in [0.2, 0.25) is 0 Å². The van der Waals surface area contributed by atoms with Gasteiger partial charge in [-0.3, -0.25) is 0 Å². The molecule has 3 heteroatoms. The molecule has 19 heavy (non-hydrogen) atoms. The molecule has 1 aliphatic rings. The van der Waals surface area contributed by atoms with E-state index in [9.17, 15) is 0 Å². The Bertz CT molecular complexity index is 533. The Kier molecular flexibility index (Phi) is 3.83. The van der Waals surface area contributed by atoms with Gasteiger partial charge in [0, 0.05) is 10.6 Å². The molecule has 3 rings (SSSR count). The largest absolute Gasteiger partial charge is 0.368 e. The maximum atomic E-state index is 6.18. The molecule has 1 heterocycles. The smallest absolute Gasteiger partial charge is 0.107 e. The first kappa shape index (κ1) is 12.7. The van der Waals surface area contributed by atoms with Gasteiger partial charge >= 0.3 is 0 Å². The van der Waals surface area contributed by atoms with Crippen molar-refractivity contribution in [1.29, 1.82) is 0 Å². The number of ether oxygens (including phenoxy) is 2. The molecule has 0 spiro atoms. The second-order valence-electron chi connectivity index (χ2n) is 4.58. The fourth-order valence-corrected chi connectivity index (χ4v) is 2.54. The first-order chi connectivity index (χ1) is 9.34. The zero-order valence-electron chi connectivity index (χ0n) is 10.5. The van der Waals surface area contributed by atoms with Crippen molar-refractivity contribution in [2.75, 3.05) is 13.2 Å². The molecule has 1 fully saturated rings. The van der Waals surface area contributed by atoms with Crippen molar-refractivity contribution >= 4 is 11.6 Å². The fourth-order valence-electron chi connectivity index (χ4n) is 2.28. The van der Waals surface area contributed by atoms with Crippen LogP contribution in [0.1, 0.15) is 23.3 Å². The number of hydrogen-bond acceptors (Lipinski definition) is 2. The molecule has 2 atom stereocenters. The summed E-state index contributed by atoms with van der Waals surface area (Å²) in [6.45, 7) is 1.09. The number of hydrogen-bond donors (Lipinski definition) is 0. The fraction of sp³-hybridized carbons (Fsp3) is 0.250. The third kappa shape index (κ3) is 2.81. The van der Waals surface area contributed by atoms with Crippen molar-refractivity contribution in [2.24, 2.45) is 0 Å². The lowest BCUT2D eigenvalue weighted by Gasteiger charge is -2.30. The van der Waals surface area contributed by atoms with Gasteiger partial charge in [0.1, 0.15) is 12.2 Å². The van der Waals surface area contributed by atoms with Crippen molar-refractivity contribution in [2.45, 2.75) is 12.2 Å². The number of rotatable bonds is 2. The Morgan fingerprint density at radius 3 is 2.11 bits per heavy atom. The lowest BCUT2D eigenvalue weighted by Crippen LogP contribution is -2.25. The molecule has 2 aromatic carbocycles. The van der Waals surface area contributed by atoms with Crippen molar-refractivity contribution in [3.8, 4) is 0 Å². The molecule has 1 aliphatic heterocycles. The molecule has 0 saturated carbocycles. The molecule has 1 saturated heterocycles. The Morgan fingerprint density at radius 2 is 1.42 bits per heavy atom. The van der Waals surface area contributed by atoms with Gasteiger partial charge in [-0.15, -0.1) is 0 Å². The molecule has 0 aliphatic carbocycles. The van der Waals surface area contributed by atoms with E-state index in [0.717, 1.165) is 16.1 Å². The van der Waals surface area contributed by atoms with Crippen LogP contribution in [-0.4, -0.2) is 13.2 Å². The van der Waals surface area contributed by atoms with Gasteiger partial charge in [-0.2, -0.15) is 0 Å². The standard InChI is InChI=1S/C16H15ClO2/c17-14-9-5-4-8-13(14)16-11-18-15(10-19-16)12-6-2-1-3-7-12/h1-9,15-16H,10-11H2. The number of benzene rings is 2. The summed E-state index contributed by atoms with van der Waals surface area (Å²) in [5.74, 6) is 0. The zero-order chi connectivity index (χ0) is 13.1. The highest BCUT2D eigenvalue weighted by Gasteiger charge is 2.25. The first-order valence-corrected chi connectivity index (χ1v) is 6.75. The summed E-state index contributed by atoms with van der Waals surface area (Å²) >= 11 is 6.18. The summed E-state index contributed by atoms with van der Waals surface area (Å²) in [4.78, 5) is 0. The van der Waals surface area contributed by atoms with E-state index in [0.29, 0.717) is 13.2 Å². The second kappa shape index (κ2) is 5.74. The van der Waals surface area contributed by atoms with Crippen LogP contribution in [0.15, 0.2) is 54.6 Å².